The van der Waals surface area contributed by atoms with Crippen LogP contribution >= 0.6 is 0 Å². The standard InChI is InChI=1S/C22H22N4O2/c1-14(2)22(27)26-20(17-5-4-6-18-21(17)24-12-11-23-18)13-19(25-26)15-7-9-16(28-3)10-8-15/h4-12,14,20H,13H2,1-3H3/t20-/m1/s1. The quantitative estimate of drug-likeness (QED) is 0.693. The van der Waals surface area contributed by atoms with Gasteiger partial charge in [-0.1, -0.05) is 26.0 Å². The summed E-state index contributed by atoms with van der Waals surface area (Å²) >= 11 is 0. The molecule has 6 nitrogen and oxygen atoms in total. The van der Waals surface area contributed by atoms with Crippen LogP contribution in [-0.4, -0.2) is 33.7 Å². The highest BCUT2D eigenvalue weighted by Gasteiger charge is 2.35. The number of carbonyl (C=O) groups excluding carboxylic acids is 1. The zero-order chi connectivity index (χ0) is 19.7. The van der Waals surface area contributed by atoms with Gasteiger partial charge in [0.15, 0.2) is 0 Å². The Morgan fingerprint density at radius 3 is 2.57 bits per heavy atom. The van der Waals surface area contributed by atoms with E-state index in [2.05, 4.69) is 9.97 Å². The van der Waals surface area contributed by atoms with Crippen LogP contribution in [0.15, 0.2) is 60.0 Å². The summed E-state index contributed by atoms with van der Waals surface area (Å²) in [6, 6.07) is 13.5. The molecule has 28 heavy (non-hydrogen) atoms. The molecule has 0 aliphatic carbocycles. The minimum Gasteiger partial charge on any atom is -0.497 e. The minimum absolute atomic E-state index is 0.00518. The van der Waals surface area contributed by atoms with Crippen molar-refractivity contribution in [2.24, 2.45) is 11.0 Å². The van der Waals surface area contributed by atoms with Gasteiger partial charge in [0.05, 0.1) is 29.9 Å². The van der Waals surface area contributed by atoms with Crippen molar-refractivity contribution < 1.29 is 9.53 Å². The Kier molecular flexibility index (Phi) is 4.77. The van der Waals surface area contributed by atoms with Crippen molar-refractivity contribution in [3.8, 4) is 5.75 Å². The minimum atomic E-state index is -0.201. The van der Waals surface area contributed by atoms with E-state index < -0.39 is 0 Å². The second-order valence-corrected chi connectivity index (χ2v) is 7.10. The number of aromatic nitrogens is 2. The molecule has 6 heteroatoms. The predicted octanol–water partition coefficient (Wildman–Crippen LogP) is 3.97. The highest BCUT2D eigenvalue weighted by molar-refractivity contribution is 6.03. The van der Waals surface area contributed by atoms with Gasteiger partial charge in [0.2, 0.25) is 5.91 Å². The zero-order valence-corrected chi connectivity index (χ0v) is 16.2. The molecule has 1 aliphatic rings. The van der Waals surface area contributed by atoms with Gasteiger partial charge >= 0.3 is 0 Å². The third kappa shape index (κ3) is 3.22. The highest BCUT2D eigenvalue weighted by atomic mass is 16.5. The molecule has 3 aromatic rings. The van der Waals surface area contributed by atoms with Crippen molar-refractivity contribution in [3.05, 3.63) is 66.0 Å². The summed E-state index contributed by atoms with van der Waals surface area (Å²) in [4.78, 5) is 21.8. The van der Waals surface area contributed by atoms with Crippen molar-refractivity contribution in [3.63, 3.8) is 0 Å². The zero-order valence-electron chi connectivity index (χ0n) is 16.2. The number of para-hydroxylation sites is 1. The van der Waals surface area contributed by atoms with Crippen molar-refractivity contribution in [1.29, 1.82) is 0 Å². The lowest BCUT2D eigenvalue weighted by Crippen LogP contribution is -2.30. The van der Waals surface area contributed by atoms with Gasteiger partial charge in [0, 0.05) is 30.3 Å². The third-order valence-corrected chi connectivity index (χ3v) is 4.94. The van der Waals surface area contributed by atoms with Gasteiger partial charge in [-0.15, -0.1) is 0 Å². The van der Waals surface area contributed by atoms with Crippen molar-refractivity contribution >= 4 is 22.7 Å². The SMILES string of the molecule is COc1ccc(C2=NN(C(=O)C(C)C)[C@@H](c3cccc4nccnc34)C2)cc1. The van der Waals surface area contributed by atoms with E-state index in [4.69, 9.17) is 9.84 Å². The number of nitrogens with zero attached hydrogens (tertiary/aromatic N) is 4. The molecule has 4 rings (SSSR count). The van der Waals surface area contributed by atoms with E-state index in [1.807, 2.05) is 56.3 Å². The van der Waals surface area contributed by atoms with E-state index >= 15 is 0 Å². The molecular weight excluding hydrogens is 352 g/mol. The molecule has 2 heterocycles. The van der Waals surface area contributed by atoms with Crippen molar-refractivity contribution in [2.45, 2.75) is 26.3 Å². The first-order chi connectivity index (χ1) is 13.6. The molecule has 1 aromatic heterocycles. The monoisotopic (exact) mass is 374 g/mol. The van der Waals surface area contributed by atoms with Gasteiger partial charge in [-0.2, -0.15) is 5.10 Å². The van der Waals surface area contributed by atoms with Crippen LogP contribution < -0.4 is 4.74 Å². The molecule has 0 saturated carbocycles. The van der Waals surface area contributed by atoms with Gasteiger partial charge in [-0.05, 0) is 35.9 Å². The third-order valence-electron chi connectivity index (χ3n) is 4.94. The molecule has 0 bridgehead atoms. The molecule has 0 N–H and O–H groups in total. The van der Waals surface area contributed by atoms with Gasteiger partial charge < -0.3 is 4.74 Å². The molecule has 0 radical (unpaired) electrons. The maximum atomic E-state index is 12.9. The van der Waals surface area contributed by atoms with Gasteiger partial charge in [0.25, 0.3) is 0 Å². The Morgan fingerprint density at radius 2 is 1.86 bits per heavy atom. The van der Waals surface area contributed by atoms with Gasteiger partial charge in [-0.25, -0.2) is 5.01 Å². The van der Waals surface area contributed by atoms with E-state index in [1.165, 1.54) is 0 Å². The number of hydrazone groups is 1. The second kappa shape index (κ2) is 7.38. The predicted molar refractivity (Wildman–Crippen MR) is 108 cm³/mol. The van der Waals surface area contributed by atoms with Crippen molar-refractivity contribution in [1.82, 2.24) is 15.0 Å². The molecule has 1 atom stereocenters. The summed E-state index contributed by atoms with van der Waals surface area (Å²) in [5.41, 5.74) is 4.45. The van der Waals surface area contributed by atoms with Crippen LogP contribution in [0.4, 0.5) is 0 Å². The number of fused-ring (bicyclic) bond motifs is 1. The maximum Gasteiger partial charge on any atom is 0.245 e. The molecule has 1 aliphatic heterocycles. The Bertz CT molecular complexity index is 1040. The average molecular weight is 374 g/mol. The summed E-state index contributed by atoms with van der Waals surface area (Å²) in [5, 5.41) is 6.33. The first-order valence-corrected chi connectivity index (χ1v) is 9.33. The number of amides is 1. The van der Waals surface area contributed by atoms with Crippen LogP contribution in [0.2, 0.25) is 0 Å². The summed E-state index contributed by atoms with van der Waals surface area (Å²) in [6.07, 6.45) is 3.98. The van der Waals surface area contributed by atoms with Gasteiger partial charge in [0.1, 0.15) is 5.75 Å². The Labute approximate surface area is 163 Å². The van der Waals surface area contributed by atoms with E-state index in [0.717, 1.165) is 33.6 Å². The molecule has 0 fully saturated rings. The summed E-state index contributed by atoms with van der Waals surface area (Å²) in [5.74, 6) is 0.635. The lowest BCUT2D eigenvalue weighted by Gasteiger charge is -2.24. The number of methoxy groups -OCH3 is 1. The summed E-state index contributed by atoms with van der Waals surface area (Å²) in [6.45, 7) is 3.78. The van der Waals surface area contributed by atoms with E-state index in [-0.39, 0.29) is 17.9 Å². The largest absolute Gasteiger partial charge is 0.497 e. The van der Waals surface area contributed by atoms with Gasteiger partial charge in [-0.3, -0.25) is 14.8 Å². The van der Waals surface area contributed by atoms with E-state index in [1.54, 1.807) is 24.5 Å². The Balaban J connectivity index is 1.77. The van der Waals surface area contributed by atoms with Crippen LogP contribution in [-0.2, 0) is 4.79 Å². The number of ether oxygens (including phenoxy) is 1. The Hall–Kier alpha value is -3.28. The van der Waals surface area contributed by atoms with Crippen molar-refractivity contribution in [2.75, 3.05) is 7.11 Å². The molecular formula is C22H22N4O2. The first-order valence-electron chi connectivity index (χ1n) is 9.33. The molecule has 0 spiro atoms. The maximum absolute atomic E-state index is 12.9. The second-order valence-electron chi connectivity index (χ2n) is 7.10. The highest BCUT2D eigenvalue weighted by Crippen LogP contribution is 2.36. The summed E-state index contributed by atoms with van der Waals surface area (Å²) in [7, 11) is 1.64. The smallest absolute Gasteiger partial charge is 0.245 e. The fourth-order valence-corrected chi connectivity index (χ4v) is 3.46. The average Bonchev–Trinajstić information content (AvgIpc) is 3.17. The lowest BCUT2D eigenvalue weighted by molar-refractivity contribution is -0.136. The molecule has 1 amide bonds. The number of rotatable bonds is 4. The number of hydrogen-bond acceptors (Lipinski definition) is 5. The molecule has 142 valence electrons. The van der Waals surface area contributed by atoms with Crippen LogP contribution in [0.5, 0.6) is 5.75 Å². The van der Waals surface area contributed by atoms with Crippen LogP contribution in [0.25, 0.3) is 11.0 Å². The van der Waals surface area contributed by atoms with E-state index in [0.29, 0.717) is 6.42 Å². The summed E-state index contributed by atoms with van der Waals surface area (Å²) < 4.78 is 5.24. The van der Waals surface area contributed by atoms with Crippen LogP contribution in [0.3, 0.4) is 0 Å². The normalized spacial score (nSPS) is 16.5. The Morgan fingerprint density at radius 1 is 1.11 bits per heavy atom. The number of carbonyl (C=O) groups is 1. The van der Waals surface area contributed by atoms with Crippen LogP contribution in [0.1, 0.15) is 37.4 Å². The number of benzene rings is 2. The first kappa shape index (κ1) is 18.1. The molecule has 2 aromatic carbocycles. The lowest BCUT2D eigenvalue weighted by atomic mass is 9.96. The molecule has 0 saturated heterocycles. The van der Waals surface area contributed by atoms with E-state index in [9.17, 15) is 4.79 Å². The topological polar surface area (TPSA) is 67.7 Å². The molecule has 0 unspecified atom stereocenters. The number of hydrogen-bond donors (Lipinski definition) is 0. The fraction of sp³-hybridized carbons (Fsp3) is 0.273. The fourth-order valence-electron chi connectivity index (χ4n) is 3.46. The van der Waals surface area contributed by atoms with Crippen LogP contribution in [0, 0.1) is 5.92 Å².